The van der Waals surface area contributed by atoms with Crippen LogP contribution in [0.3, 0.4) is 0 Å². The van der Waals surface area contributed by atoms with E-state index in [2.05, 4.69) is 15.6 Å². The molecule has 0 atom stereocenters. The number of methoxy groups -OCH3 is 1. The van der Waals surface area contributed by atoms with Crippen LogP contribution in [0.5, 0.6) is 17.2 Å². The van der Waals surface area contributed by atoms with E-state index in [4.69, 9.17) is 14.2 Å². The summed E-state index contributed by atoms with van der Waals surface area (Å²) in [6.45, 7) is 2.59. The van der Waals surface area contributed by atoms with E-state index in [-0.39, 0.29) is 12.7 Å². The number of carbonyl (C=O) groups excluding carboxylic acids is 1. The lowest BCUT2D eigenvalue weighted by atomic mass is 10.2. The molecule has 0 fully saturated rings. The molecule has 4 rings (SSSR count). The minimum atomic E-state index is -0.262. The number of aryl methyl sites for hydroxylation is 1. The van der Waals surface area contributed by atoms with Gasteiger partial charge in [0, 0.05) is 18.4 Å². The molecule has 148 valence electrons. The smallest absolute Gasteiger partial charge is 0.270 e. The van der Waals surface area contributed by atoms with Crippen molar-refractivity contribution in [3.63, 3.8) is 0 Å². The molecule has 1 amide bonds. The van der Waals surface area contributed by atoms with Gasteiger partial charge >= 0.3 is 0 Å². The topological polar surface area (TPSA) is 81.7 Å². The molecule has 3 aromatic rings. The number of benzene rings is 2. The van der Waals surface area contributed by atoms with Crippen LogP contribution in [-0.2, 0) is 6.54 Å². The Morgan fingerprint density at radius 2 is 1.97 bits per heavy atom. The Morgan fingerprint density at radius 3 is 2.83 bits per heavy atom. The van der Waals surface area contributed by atoms with E-state index in [0.29, 0.717) is 23.7 Å². The highest BCUT2D eigenvalue weighted by Crippen LogP contribution is 2.32. The van der Waals surface area contributed by atoms with E-state index >= 15 is 0 Å². The first-order chi connectivity index (χ1) is 14.1. The van der Waals surface area contributed by atoms with Gasteiger partial charge < -0.3 is 24.8 Å². The fourth-order valence-corrected chi connectivity index (χ4v) is 3.03. The number of ether oxygens (including phenoxy) is 3. The number of nitrogens with zero attached hydrogens (tertiary/aromatic N) is 1. The zero-order valence-corrected chi connectivity index (χ0v) is 16.2. The summed E-state index contributed by atoms with van der Waals surface area (Å²) in [5.41, 5.74) is 3.91. The molecule has 0 saturated carbocycles. The molecule has 0 aliphatic carbocycles. The minimum Gasteiger partial charge on any atom is -0.495 e. The molecule has 0 bridgehead atoms. The number of fused-ring (bicyclic) bond motifs is 1. The fraction of sp³-hybridized carbons (Fsp3) is 0.182. The van der Waals surface area contributed by atoms with Crippen LogP contribution in [0.4, 0.5) is 11.4 Å². The summed E-state index contributed by atoms with van der Waals surface area (Å²) >= 11 is 0. The van der Waals surface area contributed by atoms with Crippen molar-refractivity contribution in [1.29, 1.82) is 0 Å². The standard InChI is InChI=1S/C22H21N3O4/c1-14-3-5-19(27-2)17(9-14)25-16-7-8-23-18(11-16)22(26)24-12-15-4-6-20-21(10-15)29-13-28-20/h3-11H,12-13H2,1-2H3,(H,23,25)(H,24,26). The number of rotatable bonds is 6. The highest BCUT2D eigenvalue weighted by atomic mass is 16.7. The summed E-state index contributed by atoms with van der Waals surface area (Å²) in [6.07, 6.45) is 1.60. The molecule has 2 aromatic carbocycles. The number of nitrogens with one attached hydrogen (secondary N) is 2. The lowest BCUT2D eigenvalue weighted by Gasteiger charge is -2.13. The Labute approximate surface area is 168 Å². The summed E-state index contributed by atoms with van der Waals surface area (Å²) in [6, 6.07) is 15.0. The summed E-state index contributed by atoms with van der Waals surface area (Å²) in [5, 5.41) is 6.17. The van der Waals surface area contributed by atoms with Crippen molar-refractivity contribution in [1.82, 2.24) is 10.3 Å². The molecule has 7 heteroatoms. The van der Waals surface area contributed by atoms with Gasteiger partial charge in [-0.25, -0.2) is 0 Å². The summed E-state index contributed by atoms with van der Waals surface area (Å²) in [4.78, 5) is 16.7. The largest absolute Gasteiger partial charge is 0.495 e. The number of aromatic nitrogens is 1. The summed E-state index contributed by atoms with van der Waals surface area (Å²) < 4.78 is 16.1. The van der Waals surface area contributed by atoms with E-state index in [1.807, 2.05) is 43.3 Å². The van der Waals surface area contributed by atoms with Gasteiger partial charge in [-0.15, -0.1) is 0 Å². The van der Waals surface area contributed by atoms with Crippen molar-refractivity contribution in [2.24, 2.45) is 0 Å². The Hall–Kier alpha value is -3.74. The molecule has 0 saturated heterocycles. The number of anilines is 2. The van der Waals surface area contributed by atoms with Crippen LogP contribution in [0.2, 0.25) is 0 Å². The third-order valence-electron chi connectivity index (χ3n) is 4.52. The Bertz CT molecular complexity index is 1050. The van der Waals surface area contributed by atoms with Crippen molar-refractivity contribution in [2.45, 2.75) is 13.5 Å². The first kappa shape index (κ1) is 18.6. The monoisotopic (exact) mass is 391 g/mol. The third-order valence-corrected chi connectivity index (χ3v) is 4.52. The number of pyridine rings is 1. The van der Waals surface area contributed by atoms with Gasteiger partial charge in [-0.05, 0) is 54.4 Å². The first-order valence-corrected chi connectivity index (χ1v) is 9.17. The molecular formula is C22H21N3O4. The third kappa shape index (κ3) is 4.24. The average molecular weight is 391 g/mol. The van der Waals surface area contributed by atoms with Gasteiger partial charge in [0.2, 0.25) is 6.79 Å². The van der Waals surface area contributed by atoms with Crippen LogP contribution in [0, 0.1) is 6.92 Å². The van der Waals surface area contributed by atoms with Crippen LogP contribution in [0.25, 0.3) is 0 Å². The molecule has 2 N–H and O–H groups in total. The van der Waals surface area contributed by atoms with Crippen LogP contribution in [-0.4, -0.2) is 24.8 Å². The molecule has 2 heterocycles. The second kappa shape index (κ2) is 8.10. The van der Waals surface area contributed by atoms with E-state index in [9.17, 15) is 4.79 Å². The highest BCUT2D eigenvalue weighted by molar-refractivity contribution is 5.93. The predicted molar refractivity (Wildman–Crippen MR) is 109 cm³/mol. The SMILES string of the molecule is COc1ccc(C)cc1Nc1ccnc(C(=O)NCc2ccc3c(c2)OCO3)c1. The second-order valence-electron chi connectivity index (χ2n) is 6.63. The zero-order valence-electron chi connectivity index (χ0n) is 16.2. The Balaban J connectivity index is 1.44. The lowest BCUT2D eigenvalue weighted by Crippen LogP contribution is -2.23. The number of hydrogen-bond donors (Lipinski definition) is 2. The second-order valence-corrected chi connectivity index (χ2v) is 6.63. The van der Waals surface area contributed by atoms with Crippen molar-refractivity contribution in [3.05, 3.63) is 71.5 Å². The van der Waals surface area contributed by atoms with Gasteiger partial charge in [0.1, 0.15) is 11.4 Å². The average Bonchev–Trinajstić information content (AvgIpc) is 3.20. The molecule has 29 heavy (non-hydrogen) atoms. The molecule has 1 aliphatic rings. The zero-order chi connectivity index (χ0) is 20.2. The molecule has 0 spiro atoms. The number of amides is 1. The van der Waals surface area contributed by atoms with E-state index in [0.717, 1.165) is 28.3 Å². The Morgan fingerprint density at radius 1 is 1.10 bits per heavy atom. The van der Waals surface area contributed by atoms with Crippen LogP contribution < -0.4 is 24.8 Å². The fourth-order valence-electron chi connectivity index (χ4n) is 3.03. The van der Waals surface area contributed by atoms with Gasteiger partial charge in [-0.3, -0.25) is 9.78 Å². The molecule has 0 unspecified atom stereocenters. The maximum Gasteiger partial charge on any atom is 0.270 e. The van der Waals surface area contributed by atoms with Gasteiger partial charge in [0.25, 0.3) is 5.91 Å². The van der Waals surface area contributed by atoms with Gasteiger partial charge in [-0.2, -0.15) is 0 Å². The molecule has 7 nitrogen and oxygen atoms in total. The van der Waals surface area contributed by atoms with Crippen molar-refractivity contribution >= 4 is 17.3 Å². The quantitative estimate of drug-likeness (QED) is 0.665. The van der Waals surface area contributed by atoms with Crippen molar-refractivity contribution in [3.8, 4) is 17.2 Å². The van der Waals surface area contributed by atoms with Crippen molar-refractivity contribution in [2.75, 3.05) is 19.2 Å². The van der Waals surface area contributed by atoms with E-state index in [1.54, 1.807) is 25.4 Å². The normalized spacial score (nSPS) is 11.8. The summed E-state index contributed by atoms with van der Waals surface area (Å²) in [7, 11) is 1.62. The lowest BCUT2D eigenvalue weighted by molar-refractivity contribution is 0.0946. The van der Waals surface area contributed by atoms with Crippen LogP contribution >= 0.6 is 0 Å². The first-order valence-electron chi connectivity index (χ1n) is 9.17. The molecule has 1 aromatic heterocycles. The van der Waals surface area contributed by atoms with Crippen LogP contribution in [0.15, 0.2) is 54.7 Å². The van der Waals surface area contributed by atoms with Crippen LogP contribution in [0.1, 0.15) is 21.6 Å². The van der Waals surface area contributed by atoms with E-state index in [1.165, 1.54) is 0 Å². The molecule has 1 aliphatic heterocycles. The molecular weight excluding hydrogens is 370 g/mol. The van der Waals surface area contributed by atoms with E-state index < -0.39 is 0 Å². The maximum absolute atomic E-state index is 12.6. The van der Waals surface area contributed by atoms with Crippen molar-refractivity contribution < 1.29 is 19.0 Å². The maximum atomic E-state index is 12.6. The highest BCUT2D eigenvalue weighted by Gasteiger charge is 2.14. The number of hydrogen-bond acceptors (Lipinski definition) is 6. The van der Waals surface area contributed by atoms with Gasteiger partial charge in [0.05, 0.1) is 12.8 Å². The minimum absolute atomic E-state index is 0.223. The number of carbonyl (C=O) groups is 1. The summed E-state index contributed by atoms with van der Waals surface area (Å²) in [5.74, 6) is 1.86. The Kier molecular flexibility index (Phi) is 5.20. The molecule has 0 radical (unpaired) electrons. The van der Waals surface area contributed by atoms with Gasteiger partial charge in [0.15, 0.2) is 11.5 Å². The predicted octanol–water partition coefficient (Wildman–Crippen LogP) is 3.80. The van der Waals surface area contributed by atoms with Gasteiger partial charge in [-0.1, -0.05) is 12.1 Å².